The molecule has 0 saturated carbocycles. The molecule has 3 aromatic rings. The van der Waals surface area contributed by atoms with Crippen molar-refractivity contribution >= 4 is 33.1 Å². The van der Waals surface area contributed by atoms with Crippen LogP contribution >= 0.6 is 15.9 Å². The van der Waals surface area contributed by atoms with Crippen LogP contribution in [0.5, 0.6) is 11.5 Å². The number of anilines is 2. The van der Waals surface area contributed by atoms with Crippen molar-refractivity contribution in [3.8, 4) is 11.5 Å². The third kappa shape index (κ3) is 1.87. The normalized spacial score (nSPS) is 12.8. The van der Waals surface area contributed by atoms with E-state index in [0.29, 0.717) is 5.82 Å². The third-order valence-corrected chi connectivity index (χ3v) is 3.36. The maximum Gasteiger partial charge on any atom is 0.231 e. The summed E-state index contributed by atoms with van der Waals surface area (Å²) in [6.45, 7) is 0.262. The molecule has 1 aromatic carbocycles. The van der Waals surface area contributed by atoms with Gasteiger partial charge in [0.15, 0.2) is 23.0 Å². The van der Waals surface area contributed by atoms with Crippen molar-refractivity contribution in [1.82, 2.24) is 14.4 Å². The summed E-state index contributed by atoms with van der Waals surface area (Å²) in [6, 6.07) is 5.66. The molecule has 7 heteroatoms. The van der Waals surface area contributed by atoms with E-state index in [1.54, 1.807) is 6.20 Å². The maximum absolute atomic E-state index is 5.36. The quantitative estimate of drug-likeness (QED) is 0.781. The first kappa shape index (κ1) is 11.5. The minimum atomic E-state index is 0.262. The van der Waals surface area contributed by atoms with Crippen LogP contribution < -0.4 is 14.8 Å². The fraction of sp³-hybridized carbons (Fsp3) is 0.0769. The van der Waals surface area contributed by atoms with Gasteiger partial charge in [-0.2, -0.15) is 0 Å². The van der Waals surface area contributed by atoms with Crippen LogP contribution in [-0.4, -0.2) is 21.2 Å². The molecule has 0 fully saturated rings. The average molecular weight is 333 g/mol. The Morgan fingerprint density at radius 3 is 3.10 bits per heavy atom. The summed E-state index contributed by atoms with van der Waals surface area (Å²) in [7, 11) is 0. The molecule has 6 nitrogen and oxygen atoms in total. The number of hydrogen-bond donors (Lipinski definition) is 1. The molecular weight excluding hydrogens is 324 g/mol. The summed E-state index contributed by atoms with van der Waals surface area (Å²) < 4.78 is 13.3. The van der Waals surface area contributed by atoms with Crippen molar-refractivity contribution in [1.29, 1.82) is 0 Å². The van der Waals surface area contributed by atoms with Crippen molar-refractivity contribution in [2.45, 2.75) is 0 Å². The Bertz CT molecular complexity index is 802. The van der Waals surface area contributed by atoms with Gasteiger partial charge in [0.2, 0.25) is 6.79 Å². The molecule has 100 valence electrons. The van der Waals surface area contributed by atoms with E-state index in [1.807, 2.05) is 35.0 Å². The fourth-order valence-electron chi connectivity index (χ4n) is 2.10. The summed E-state index contributed by atoms with van der Waals surface area (Å²) in [5, 5.41) is 3.24. The van der Waals surface area contributed by atoms with Gasteiger partial charge in [-0.3, -0.25) is 0 Å². The minimum absolute atomic E-state index is 0.262. The lowest BCUT2D eigenvalue weighted by molar-refractivity contribution is 0.174. The molecule has 1 N–H and O–H groups in total. The van der Waals surface area contributed by atoms with Gasteiger partial charge in [0.1, 0.15) is 4.60 Å². The van der Waals surface area contributed by atoms with Crippen LogP contribution in [0.25, 0.3) is 5.65 Å². The van der Waals surface area contributed by atoms with Gasteiger partial charge in [-0.15, -0.1) is 0 Å². The van der Waals surface area contributed by atoms with E-state index in [9.17, 15) is 0 Å². The van der Waals surface area contributed by atoms with Gasteiger partial charge in [0, 0.05) is 30.3 Å². The molecule has 0 radical (unpaired) electrons. The number of nitrogens with one attached hydrogen (secondary N) is 1. The lowest BCUT2D eigenvalue weighted by Crippen LogP contribution is -1.98. The molecule has 3 heterocycles. The Morgan fingerprint density at radius 2 is 2.15 bits per heavy atom. The van der Waals surface area contributed by atoms with E-state index in [1.165, 1.54) is 0 Å². The van der Waals surface area contributed by atoms with E-state index in [0.717, 1.165) is 27.4 Å². The summed E-state index contributed by atoms with van der Waals surface area (Å²) in [5.41, 5.74) is 1.62. The minimum Gasteiger partial charge on any atom is -0.454 e. The van der Waals surface area contributed by atoms with Crippen molar-refractivity contribution in [2.75, 3.05) is 12.1 Å². The molecule has 0 bridgehead atoms. The molecule has 0 spiro atoms. The monoisotopic (exact) mass is 332 g/mol. The van der Waals surface area contributed by atoms with E-state index in [2.05, 4.69) is 31.2 Å². The highest BCUT2D eigenvalue weighted by Crippen LogP contribution is 2.35. The summed E-state index contributed by atoms with van der Waals surface area (Å²) in [5.74, 6) is 2.15. The molecule has 1 aliphatic rings. The van der Waals surface area contributed by atoms with Gasteiger partial charge in [-0.05, 0) is 28.1 Å². The number of hydrogen-bond acceptors (Lipinski definition) is 5. The Kier molecular flexibility index (Phi) is 2.53. The van der Waals surface area contributed by atoms with Gasteiger partial charge in [0.05, 0.1) is 0 Å². The lowest BCUT2D eigenvalue weighted by atomic mass is 10.3. The van der Waals surface area contributed by atoms with Crippen LogP contribution in [0.2, 0.25) is 0 Å². The van der Waals surface area contributed by atoms with E-state index >= 15 is 0 Å². The molecule has 0 amide bonds. The molecule has 2 aromatic heterocycles. The van der Waals surface area contributed by atoms with Crippen LogP contribution in [0.4, 0.5) is 11.5 Å². The second-order valence-electron chi connectivity index (χ2n) is 4.26. The van der Waals surface area contributed by atoms with Crippen LogP contribution in [0.3, 0.4) is 0 Å². The van der Waals surface area contributed by atoms with Gasteiger partial charge in [-0.1, -0.05) is 0 Å². The number of rotatable bonds is 2. The number of ether oxygens (including phenoxy) is 2. The zero-order valence-corrected chi connectivity index (χ0v) is 11.8. The number of halogens is 1. The number of imidazole rings is 1. The Balaban J connectivity index is 1.75. The predicted molar refractivity (Wildman–Crippen MR) is 76.5 cm³/mol. The lowest BCUT2D eigenvalue weighted by Gasteiger charge is -2.08. The van der Waals surface area contributed by atoms with Crippen molar-refractivity contribution < 1.29 is 9.47 Å². The summed E-state index contributed by atoms with van der Waals surface area (Å²) in [6.07, 6.45) is 5.45. The second kappa shape index (κ2) is 4.38. The van der Waals surface area contributed by atoms with E-state index in [4.69, 9.17) is 9.47 Å². The highest BCUT2D eigenvalue weighted by molar-refractivity contribution is 9.10. The molecule has 1 aliphatic heterocycles. The maximum atomic E-state index is 5.36. The Labute approximate surface area is 122 Å². The van der Waals surface area contributed by atoms with Crippen LogP contribution in [0.15, 0.2) is 41.4 Å². The van der Waals surface area contributed by atoms with E-state index < -0.39 is 0 Å². The van der Waals surface area contributed by atoms with Crippen LogP contribution in [-0.2, 0) is 0 Å². The molecule has 0 unspecified atom stereocenters. The number of benzene rings is 1. The SMILES string of the molecule is Brc1cn2ccnc2c(Nc2ccc3c(c2)OCO3)n1. The molecule has 0 saturated heterocycles. The predicted octanol–water partition coefficient (Wildman–Crippen LogP) is 2.96. The van der Waals surface area contributed by atoms with Gasteiger partial charge < -0.3 is 19.2 Å². The molecule has 20 heavy (non-hydrogen) atoms. The van der Waals surface area contributed by atoms with Crippen molar-refractivity contribution in [3.63, 3.8) is 0 Å². The number of aromatic nitrogens is 3. The first-order valence-electron chi connectivity index (χ1n) is 5.95. The highest BCUT2D eigenvalue weighted by atomic mass is 79.9. The Morgan fingerprint density at radius 1 is 1.25 bits per heavy atom. The van der Waals surface area contributed by atoms with Gasteiger partial charge in [0.25, 0.3) is 0 Å². The van der Waals surface area contributed by atoms with Crippen LogP contribution in [0, 0.1) is 0 Å². The van der Waals surface area contributed by atoms with Crippen molar-refractivity contribution in [3.05, 3.63) is 41.4 Å². The van der Waals surface area contributed by atoms with Gasteiger partial charge >= 0.3 is 0 Å². The zero-order chi connectivity index (χ0) is 13.5. The van der Waals surface area contributed by atoms with E-state index in [-0.39, 0.29) is 6.79 Å². The average Bonchev–Trinajstić information content (AvgIpc) is 3.05. The molecule has 4 rings (SSSR count). The van der Waals surface area contributed by atoms with Crippen molar-refractivity contribution in [2.24, 2.45) is 0 Å². The third-order valence-electron chi connectivity index (χ3n) is 2.98. The van der Waals surface area contributed by atoms with Crippen LogP contribution in [0.1, 0.15) is 0 Å². The first-order chi connectivity index (χ1) is 9.79. The number of nitrogens with zero attached hydrogens (tertiary/aromatic N) is 3. The Hall–Kier alpha value is -2.28. The summed E-state index contributed by atoms with van der Waals surface area (Å²) >= 11 is 3.39. The number of fused-ring (bicyclic) bond motifs is 2. The molecule has 0 aliphatic carbocycles. The smallest absolute Gasteiger partial charge is 0.231 e. The first-order valence-corrected chi connectivity index (χ1v) is 6.75. The summed E-state index contributed by atoms with van der Waals surface area (Å²) in [4.78, 5) is 8.70. The fourth-order valence-corrected chi connectivity index (χ4v) is 2.49. The largest absolute Gasteiger partial charge is 0.454 e. The topological polar surface area (TPSA) is 60.7 Å². The molecular formula is C13H9BrN4O2. The standard InChI is InChI=1S/C13H9BrN4O2/c14-11-6-18-4-3-15-13(18)12(17-11)16-8-1-2-9-10(5-8)20-7-19-9/h1-6H,7H2,(H,16,17). The van der Waals surface area contributed by atoms with Gasteiger partial charge in [-0.25, -0.2) is 9.97 Å². The highest BCUT2D eigenvalue weighted by Gasteiger charge is 2.14. The molecule has 0 atom stereocenters. The zero-order valence-electron chi connectivity index (χ0n) is 10.2. The second-order valence-corrected chi connectivity index (χ2v) is 5.08.